The summed E-state index contributed by atoms with van der Waals surface area (Å²) < 4.78 is 13.8. The first-order valence-corrected chi connectivity index (χ1v) is 7.52. The van der Waals surface area contributed by atoms with Crippen molar-refractivity contribution in [2.45, 2.75) is 39.7 Å². The molecule has 1 aromatic rings. The highest BCUT2D eigenvalue weighted by molar-refractivity contribution is 6.30. The quantitative estimate of drug-likeness (QED) is 0.913. The van der Waals surface area contributed by atoms with Crippen molar-refractivity contribution in [2.75, 3.05) is 18.0 Å². The minimum absolute atomic E-state index is 0.0525. The van der Waals surface area contributed by atoms with Gasteiger partial charge in [-0.05, 0) is 18.9 Å². The van der Waals surface area contributed by atoms with Crippen molar-refractivity contribution < 1.29 is 9.18 Å². The summed E-state index contributed by atoms with van der Waals surface area (Å²) in [6, 6.07) is 1.42. The number of piperidine rings is 1. The molecule has 1 aromatic heterocycles. The molecule has 1 fully saturated rings. The van der Waals surface area contributed by atoms with E-state index in [4.69, 9.17) is 11.6 Å². The lowest BCUT2D eigenvalue weighted by molar-refractivity contribution is -0.129. The Labute approximate surface area is 129 Å². The number of aromatic nitrogens is 1. The molecule has 1 aliphatic rings. The number of pyridine rings is 1. The van der Waals surface area contributed by atoms with E-state index in [1.807, 2.05) is 25.7 Å². The molecule has 0 unspecified atom stereocenters. The summed E-state index contributed by atoms with van der Waals surface area (Å²) in [5, 5.41) is 3.35. The molecule has 0 saturated carbocycles. The minimum Gasteiger partial charge on any atom is -0.354 e. The van der Waals surface area contributed by atoms with E-state index >= 15 is 0 Å². The van der Waals surface area contributed by atoms with Gasteiger partial charge in [-0.2, -0.15) is 0 Å². The zero-order valence-electron chi connectivity index (χ0n) is 12.6. The van der Waals surface area contributed by atoms with Gasteiger partial charge in [-0.3, -0.25) is 4.79 Å². The second kappa shape index (κ2) is 6.18. The molecular weight excluding hydrogens is 293 g/mol. The highest BCUT2D eigenvalue weighted by Crippen LogP contribution is 2.23. The summed E-state index contributed by atoms with van der Waals surface area (Å²) in [6.45, 7) is 7.01. The van der Waals surface area contributed by atoms with E-state index in [9.17, 15) is 9.18 Å². The molecule has 1 saturated heterocycles. The fourth-order valence-electron chi connectivity index (χ4n) is 2.28. The maximum absolute atomic E-state index is 13.8. The molecule has 0 aliphatic carbocycles. The average molecular weight is 314 g/mol. The van der Waals surface area contributed by atoms with Crippen LogP contribution in [-0.2, 0) is 4.79 Å². The van der Waals surface area contributed by atoms with E-state index in [2.05, 4.69) is 10.3 Å². The van der Waals surface area contributed by atoms with Gasteiger partial charge in [-0.15, -0.1) is 0 Å². The van der Waals surface area contributed by atoms with Gasteiger partial charge >= 0.3 is 0 Å². The van der Waals surface area contributed by atoms with Crippen LogP contribution < -0.4 is 10.2 Å². The Morgan fingerprint density at radius 2 is 2.05 bits per heavy atom. The summed E-state index contributed by atoms with van der Waals surface area (Å²) in [5.74, 6) is -0.0172. The number of nitrogens with zero attached hydrogens (tertiary/aromatic N) is 2. The molecule has 0 atom stereocenters. The van der Waals surface area contributed by atoms with Crippen LogP contribution in [0.1, 0.15) is 33.6 Å². The second-order valence-corrected chi connectivity index (χ2v) is 6.88. The molecule has 2 heterocycles. The first kappa shape index (κ1) is 16.0. The van der Waals surface area contributed by atoms with Crippen molar-refractivity contribution in [1.82, 2.24) is 10.3 Å². The number of hydrogen-bond acceptors (Lipinski definition) is 3. The van der Waals surface area contributed by atoms with E-state index in [0.717, 1.165) is 12.8 Å². The Kier molecular flexibility index (Phi) is 4.71. The molecule has 1 aliphatic heterocycles. The van der Waals surface area contributed by atoms with Crippen LogP contribution in [0.25, 0.3) is 0 Å². The topological polar surface area (TPSA) is 45.2 Å². The number of hydrogen-bond donors (Lipinski definition) is 1. The molecule has 1 N–H and O–H groups in total. The van der Waals surface area contributed by atoms with Crippen LogP contribution >= 0.6 is 11.6 Å². The Hall–Kier alpha value is -1.36. The Balaban J connectivity index is 1.93. The summed E-state index contributed by atoms with van der Waals surface area (Å²) in [6.07, 6.45) is 3.02. The van der Waals surface area contributed by atoms with E-state index in [0.29, 0.717) is 23.9 Å². The van der Waals surface area contributed by atoms with Crippen molar-refractivity contribution >= 4 is 23.3 Å². The van der Waals surface area contributed by atoms with Crippen LogP contribution in [0.5, 0.6) is 0 Å². The zero-order valence-corrected chi connectivity index (χ0v) is 13.4. The van der Waals surface area contributed by atoms with Crippen molar-refractivity contribution in [3.8, 4) is 0 Å². The third-order valence-electron chi connectivity index (χ3n) is 3.60. The molecule has 0 aromatic carbocycles. The van der Waals surface area contributed by atoms with E-state index in [-0.39, 0.29) is 17.4 Å². The van der Waals surface area contributed by atoms with Crippen LogP contribution in [0, 0.1) is 11.2 Å². The number of amides is 1. The van der Waals surface area contributed by atoms with E-state index in [1.54, 1.807) is 0 Å². The molecule has 21 heavy (non-hydrogen) atoms. The normalized spacial score (nSPS) is 16.9. The maximum atomic E-state index is 13.8. The lowest BCUT2D eigenvalue weighted by Gasteiger charge is -2.34. The fourth-order valence-corrected chi connectivity index (χ4v) is 2.42. The third kappa shape index (κ3) is 4.06. The van der Waals surface area contributed by atoms with Gasteiger partial charge in [0.1, 0.15) is 0 Å². The molecule has 6 heteroatoms. The molecule has 0 spiro atoms. The van der Waals surface area contributed by atoms with Gasteiger partial charge in [0.2, 0.25) is 5.91 Å². The van der Waals surface area contributed by atoms with E-state index in [1.165, 1.54) is 12.3 Å². The first-order chi connectivity index (χ1) is 9.77. The number of nitrogens with one attached hydrogen (secondary N) is 1. The summed E-state index contributed by atoms with van der Waals surface area (Å²) >= 11 is 5.71. The zero-order chi connectivity index (χ0) is 15.6. The van der Waals surface area contributed by atoms with Crippen LogP contribution in [0.4, 0.5) is 10.2 Å². The van der Waals surface area contributed by atoms with Gasteiger partial charge < -0.3 is 10.2 Å². The maximum Gasteiger partial charge on any atom is 0.225 e. The average Bonchev–Trinajstić information content (AvgIpc) is 2.39. The standard InChI is InChI=1S/C15H21ClFN3O/c1-15(2,3)14(21)19-11-4-6-20(7-5-11)13-12(17)8-10(16)9-18-13/h8-9,11H,4-7H2,1-3H3,(H,19,21). The lowest BCUT2D eigenvalue weighted by Crippen LogP contribution is -2.48. The SMILES string of the molecule is CC(C)(C)C(=O)NC1CCN(c2ncc(Cl)cc2F)CC1. The number of anilines is 1. The van der Waals surface area contributed by atoms with Crippen LogP contribution in [0.15, 0.2) is 12.3 Å². The Morgan fingerprint density at radius 3 is 2.57 bits per heavy atom. The van der Waals surface area contributed by atoms with Crippen LogP contribution in [0.3, 0.4) is 0 Å². The largest absolute Gasteiger partial charge is 0.354 e. The van der Waals surface area contributed by atoms with Crippen LogP contribution in [0.2, 0.25) is 5.02 Å². The predicted octanol–water partition coefficient (Wildman–Crippen LogP) is 3.01. The van der Waals surface area contributed by atoms with Crippen molar-refractivity contribution in [3.05, 3.63) is 23.1 Å². The Morgan fingerprint density at radius 1 is 1.43 bits per heavy atom. The van der Waals surface area contributed by atoms with Gasteiger partial charge in [0.25, 0.3) is 0 Å². The molecule has 1 amide bonds. The monoisotopic (exact) mass is 313 g/mol. The lowest BCUT2D eigenvalue weighted by atomic mass is 9.94. The highest BCUT2D eigenvalue weighted by Gasteiger charge is 2.27. The third-order valence-corrected chi connectivity index (χ3v) is 3.81. The Bertz CT molecular complexity index is 522. The number of carbonyl (C=O) groups is 1. The number of carbonyl (C=O) groups excluding carboxylic acids is 1. The smallest absolute Gasteiger partial charge is 0.225 e. The summed E-state index contributed by atoms with van der Waals surface area (Å²) in [5.41, 5.74) is -0.388. The van der Waals surface area contributed by atoms with Gasteiger partial charge in [0, 0.05) is 30.7 Å². The van der Waals surface area contributed by atoms with Gasteiger partial charge in [-0.1, -0.05) is 32.4 Å². The molecule has 4 nitrogen and oxygen atoms in total. The van der Waals surface area contributed by atoms with Crippen molar-refractivity contribution in [2.24, 2.45) is 5.41 Å². The first-order valence-electron chi connectivity index (χ1n) is 7.14. The predicted molar refractivity (Wildman–Crippen MR) is 82.0 cm³/mol. The van der Waals surface area contributed by atoms with Gasteiger partial charge in [0.05, 0.1) is 5.02 Å². The van der Waals surface area contributed by atoms with Crippen molar-refractivity contribution in [1.29, 1.82) is 0 Å². The molecule has 2 rings (SSSR count). The minimum atomic E-state index is -0.403. The highest BCUT2D eigenvalue weighted by atomic mass is 35.5. The summed E-state index contributed by atoms with van der Waals surface area (Å²) in [4.78, 5) is 17.9. The van der Waals surface area contributed by atoms with Gasteiger partial charge in [-0.25, -0.2) is 9.37 Å². The van der Waals surface area contributed by atoms with E-state index < -0.39 is 5.82 Å². The van der Waals surface area contributed by atoms with Crippen LogP contribution in [-0.4, -0.2) is 30.0 Å². The fraction of sp³-hybridized carbons (Fsp3) is 0.600. The number of halogens is 2. The van der Waals surface area contributed by atoms with Gasteiger partial charge in [0.15, 0.2) is 11.6 Å². The molecule has 116 valence electrons. The molecule has 0 radical (unpaired) electrons. The van der Waals surface area contributed by atoms with Crippen molar-refractivity contribution in [3.63, 3.8) is 0 Å². The second-order valence-electron chi connectivity index (χ2n) is 6.44. The summed E-state index contributed by atoms with van der Waals surface area (Å²) in [7, 11) is 0. The molecular formula is C15H21ClFN3O. The number of rotatable bonds is 2. The molecule has 0 bridgehead atoms.